The van der Waals surface area contributed by atoms with Crippen molar-refractivity contribution in [2.24, 2.45) is 0 Å². The fourth-order valence-corrected chi connectivity index (χ4v) is 0.795. The minimum atomic E-state index is -1.04. The number of nitrogens with zero attached hydrogens (tertiary/aromatic N) is 1. The van der Waals surface area contributed by atoms with Gasteiger partial charge < -0.3 is 15.3 Å². The van der Waals surface area contributed by atoms with E-state index in [-0.39, 0.29) is 6.54 Å². The quantitative estimate of drug-likeness (QED) is 0.487. The van der Waals surface area contributed by atoms with Crippen molar-refractivity contribution < 1.29 is 14.7 Å². The highest BCUT2D eigenvalue weighted by Gasteiger charge is 2.10. The standard InChI is InChI=1S/C9H14N2O3/c1-3-4-5-6-10-9(14)11(2)7-8(12)13/h1H,4-7H2,2H3,(H,10,14)(H,12,13). The third-order valence-electron chi connectivity index (χ3n) is 1.49. The molecule has 0 aliphatic rings. The van der Waals surface area contributed by atoms with Crippen molar-refractivity contribution in [2.75, 3.05) is 20.1 Å². The zero-order valence-electron chi connectivity index (χ0n) is 8.12. The molecule has 14 heavy (non-hydrogen) atoms. The molecule has 2 N–H and O–H groups in total. The van der Waals surface area contributed by atoms with Gasteiger partial charge in [0.1, 0.15) is 6.54 Å². The molecule has 5 heteroatoms. The third-order valence-corrected chi connectivity index (χ3v) is 1.49. The molecular weight excluding hydrogens is 184 g/mol. The van der Waals surface area contributed by atoms with Crippen LogP contribution >= 0.6 is 0 Å². The molecule has 0 spiro atoms. The largest absolute Gasteiger partial charge is 0.480 e. The molecular formula is C9H14N2O3. The van der Waals surface area contributed by atoms with Gasteiger partial charge in [0, 0.05) is 20.0 Å². The minimum absolute atomic E-state index is 0.305. The fourth-order valence-electron chi connectivity index (χ4n) is 0.795. The van der Waals surface area contributed by atoms with Crippen molar-refractivity contribution in [1.82, 2.24) is 10.2 Å². The van der Waals surface area contributed by atoms with Crippen LogP contribution in [0.15, 0.2) is 0 Å². The summed E-state index contributed by atoms with van der Waals surface area (Å²) >= 11 is 0. The predicted octanol–water partition coefficient (Wildman–Crippen LogP) is 0.126. The van der Waals surface area contributed by atoms with Crippen molar-refractivity contribution in [2.45, 2.75) is 12.8 Å². The molecule has 0 saturated carbocycles. The summed E-state index contributed by atoms with van der Waals surface area (Å²) in [6.45, 7) is 0.161. The number of amides is 2. The number of carbonyl (C=O) groups excluding carboxylic acids is 1. The van der Waals surface area contributed by atoms with Crippen LogP contribution in [0.2, 0.25) is 0 Å². The van der Waals surface area contributed by atoms with Crippen molar-refractivity contribution in [3.05, 3.63) is 0 Å². The zero-order valence-corrected chi connectivity index (χ0v) is 8.12. The van der Waals surface area contributed by atoms with Crippen LogP contribution in [0.25, 0.3) is 0 Å². The normalized spacial score (nSPS) is 8.86. The topological polar surface area (TPSA) is 69.6 Å². The molecule has 0 aromatic rings. The lowest BCUT2D eigenvalue weighted by molar-refractivity contribution is -0.137. The molecule has 0 saturated heterocycles. The van der Waals surface area contributed by atoms with E-state index in [1.807, 2.05) is 0 Å². The van der Waals surface area contributed by atoms with Crippen LogP contribution in [0, 0.1) is 12.3 Å². The third kappa shape index (κ3) is 5.89. The molecule has 0 aliphatic carbocycles. The van der Waals surface area contributed by atoms with Crippen molar-refractivity contribution in [1.29, 1.82) is 0 Å². The molecule has 0 fully saturated rings. The Bertz CT molecular complexity index is 245. The van der Waals surface area contributed by atoms with E-state index < -0.39 is 12.0 Å². The average molecular weight is 198 g/mol. The molecule has 0 radical (unpaired) electrons. The first-order valence-corrected chi connectivity index (χ1v) is 4.22. The van der Waals surface area contributed by atoms with Gasteiger partial charge in [-0.2, -0.15) is 0 Å². The first kappa shape index (κ1) is 12.3. The van der Waals surface area contributed by atoms with Crippen molar-refractivity contribution >= 4 is 12.0 Å². The lowest BCUT2D eigenvalue weighted by Gasteiger charge is -2.14. The number of hydrogen-bond acceptors (Lipinski definition) is 2. The van der Waals surface area contributed by atoms with Gasteiger partial charge in [0.15, 0.2) is 0 Å². The lowest BCUT2D eigenvalue weighted by Crippen LogP contribution is -2.40. The van der Waals surface area contributed by atoms with Crippen LogP contribution in [-0.2, 0) is 4.79 Å². The molecule has 5 nitrogen and oxygen atoms in total. The molecule has 0 aliphatic heterocycles. The number of aliphatic carboxylic acids is 1. The maximum Gasteiger partial charge on any atom is 0.323 e. The Morgan fingerprint density at radius 3 is 2.71 bits per heavy atom. The van der Waals surface area contributed by atoms with E-state index in [1.54, 1.807) is 0 Å². The summed E-state index contributed by atoms with van der Waals surface area (Å²) in [6.07, 6.45) is 6.32. The van der Waals surface area contributed by atoms with Crippen LogP contribution in [0.3, 0.4) is 0 Å². The Labute approximate surface area is 83.1 Å². The number of unbranched alkanes of at least 4 members (excludes halogenated alkanes) is 1. The second-order valence-electron chi connectivity index (χ2n) is 2.79. The Balaban J connectivity index is 3.63. The monoisotopic (exact) mass is 198 g/mol. The summed E-state index contributed by atoms with van der Waals surface area (Å²) in [5.41, 5.74) is 0. The van der Waals surface area contributed by atoms with E-state index >= 15 is 0 Å². The Kier molecular flexibility index (Phi) is 5.95. The number of carboxylic acid groups (broad SMARTS) is 1. The van der Waals surface area contributed by atoms with E-state index in [0.29, 0.717) is 19.4 Å². The second kappa shape index (κ2) is 6.78. The van der Waals surface area contributed by atoms with E-state index in [0.717, 1.165) is 4.90 Å². The summed E-state index contributed by atoms with van der Waals surface area (Å²) in [5.74, 6) is 1.41. The van der Waals surface area contributed by atoms with Crippen molar-refractivity contribution in [3.8, 4) is 12.3 Å². The van der Waals surface area contributed by atoms with Crippen LogP contribution in [0.4, 0.5) is 4.79 Å². The highest BCUT2D eigenvalue weighted by molar-refractivity contribution is 5.79. The van der Waals surface area contributed by atoms with Gasteiger partial charge in [-0.15, -0.1) is 12.3 Å². The second-order valence-corrected chi connectivity index (χ2v) is 2.79. The van der Waals surface area contributed by atoms with Crippen LogP contribution in [-0.4, -0.2) is 42.1 Å². The molecule has 0 heterocycles. The van der Waals surface area contributed by atoms with Crippen LogP contribution in [0.5, 0.6) is 0 Å². The Hall–Kier alpha value is -1.70. The molecule has 0 aromatic carbocycles. The lowest BCUT2D eigenvalue weighted by atomic mass is 10.3. The fraction of sp³-hybridized carbons (Fsp3) is 0.556. The van der Waals surface area contributed by atoms with Gasteiger partial charge in [-0.05, 0) is 6.42 Å². The van der Waals surface area contributed by atoms with E-state index in [1.165, 1.54) is 7.05 Å². The SMILES string of the molecule is C#CCCCNC(=O)N(C)CC(=O)O. The number of terminal acetylenes is 1. The molecule has 0 rings (SSSR count). The number of rotatable bonds is 5. The molecule has 0 atom stereocenters. The summed E-state index contributed by atoms with van der Waals surface area (Å²) in [4.78, 5) is 22.5. The average Bonchev–Trinajstić information content (AvgIpc) is 2.11. The first-order valence-electron chi connectivity index (χ1n) is 4.22. The number of carboxylic acids is 1. The maximum atomic E-state index is 11.1. The molecule has 0 aromatic heterocycles. The summed E-state index contributed by atoms with van der Waals surface area (Å²) in [5, 5.41) is 10.9. The van der Waals surface area contributed by atoms with Crippen LogP contribution < -0.4 is 5.32 Å². The van der Waals surface area contributed by atoms with Gasteiger partial charge >= 0.3 is 12.0 Å². The van der Waals surface area contributed by atoms with Gasteiger partial charge in [-0.25, -0.2) is 4.79 Å². The summed E-state index contributed by atoms with van der Waals surface area (Å²) in [6, 6.07) is -0.399. The highest BCUT2D eigenvalue weighted by Crippen LogP contribution is 1.87. The maximum absolute atomic E-state index is 11.1. The number of carbonyl (C=O) groups is 2. The van der Waals surface area contributed by atoms with Gasteiger partial charge in [-0.3, -0.25) is 4.79 Å². The number of nitrogens with one attached hydrogen (secondary N) is 1. The smallest absolute Gasteiger partial charge is 0.323 e. The van der Waals surface area contributed by atoms with E-state index in [2.05, 4.69) is 11.2 Å². The molecule has 78 valence electrons. The first-order chi connectivity index (χ1) is 6.57. The van der Waals surface area contributed by atoms with Gasteiger partial charge in [0.25, 0.3) is 0 Å². The number of likely N-dealkylation sites (N-methyl/N-ethyl adjacent to an activating group) is 1. The van der Waals surface area contributed by atoms with E-state index in [4.69, 9.17) is 11.5 Å². The van der Waals surface area contributed by atoms with Gasteiger partial charge in [0.2, 0.25) is 0 Å². The minimum Gasteiger partial charge on any atom is -0.480 e. The van der Waals surface area contributed by atoms with Gasteiger partial charge in [-0.1, -0.05) is 0 Å². The van der Waals surface area contributed by atoms with Crippen LogP contribution in [0.1, 0.15) is 12.8 Å². The summed E-state index contributed by atoms with van der Waals surface area (Å²) in [7, 11) is 1.42. The Morgan fingerprint density at radius 2 is 2.21 bits per heavy atom. The summed E-state index contributed by atoms with van der Waals surface area (Å²) < 4.78 is 0. The predicted molar refractivity (Wildman–Crippen MR) is 51.7 cm³/mol. The van der Waals surface area contributed by atoms with E-state index in [9.17, 15) is 9.59 Å². The number of hydrogen-bond donors (Lipinski definition) is 2. The molecule has 0 bridgehead atoms. The van der Waals surface area contributed by atoms with Gasteiger partial charge in [0.05, 0.1) is 0 Å². The number of urea groups is 1. The highest BCUT2D eigenvalue weighted by atomic mass is 16.4. The molecule has 0 unspecified atom stereocenters. The van der Waals surface area contributed by atoms with Crippen molar-refractivity contribution in [3.63, 3.8) is 0 Å². The molecule has 2 amide bonds. The zero-order chi connectivity index (χ0) is 11.0. The Morgan fingerprint density at radius 1 is 1.57 bits per heavy atom.